The van der Waals surface area contributed by atoms with Crippen molar-refractivity contribution in [1.82, 2.24) is 0 Å². The molecule has 0 aliphatic carbocycles. The molecule has 0 aromatic heterocycles. The topological polar surface area (TPSA) is 94.2 Å². The molecule has 0 spiro atoms. The molecule has 0 amide bonds. The van der Waals surface area contributed by atoms with Crippen LogP contribution in [0.5, 0.6) is 17.2 Å². The van der Waals surface area contributed by atoms with Gasteiger partial charge in [-0.1, -0.05) is 11.6 Å². The Hall–Kier alpha value is -2.80. The second kappa shape index (κ2) is 6.97. The van der Waals surface area contributed by atoms with Gasteiger partial charge in [0.1, 0.15) is 11.5 Å². The molecule has 0 saturated carbocycles. The van der Waals surface area contributed by atoms with Crippen LogP contribution in [0.1, 0.15) is 5.56 Å². The summed E-state index contributed by atoms with van der Waals surface area (Å²) in [6.07, 6.45) is 1.28. The van der Waals surface area contributed by atoms with Gasteiger partial charge in [-0.3, -0.25) is 15.1 Å². The zero-order valence-corrected chi connectivity index (χ0v) is 13.1. The molecule has 0 fully saturated rings. The van der Waals surface area contributed by atoms with E-state index in [1.807, 2.05) is 0 Å². The zero-order chi connectivity index (χ0) is 17.0. The van der Waals surface area contributed by atoms with Crippen LogP contribution in [0.3, 0.4) is 0 Å². The number of aromatic hydroxyl groups is 1. The normalized spacial score (nSPS) is 10.7. The van der Waals surface area contributed by atoms with Gasteiger partial charge in [0, 0.05) is 41.1 Å². The van der Waals surface area contributed by atoms with Crippen LogP contribution >= 0.6 is 11.6 Å². The zero-order valence-electron chi connectivity index (χ0n) is 12.3. The predicted octanol–water partition coefficient (Wildman–Crippen LogP) is 3.72. The van der Waals surface area contributed by atoms with Crippen molar-refractivity contribution in [3.05, 3.63) is 51.0 Å². The number of hydrogen-bond donors (Lipinski definition) is 1. The number of phenols is 1. The fourth-order valence-electron chi connectivity index (χ4n) is 1.85. The number of hydrogen-bond acceptors (Lipinski definition) is 6. The first kappa shape index (κ1) is 16.6. The summed E-state index contributed by atoms with van der Waals surface area (Å²) in [7, 11) is 3.02. The molecule has 0 aliphatic heterocycles. The lowest BCUT2D eigenvalue weighted by molar-refractivity contribution is -0.385. The second-order valence-electron chi connectivity index (χ2n) is 4.45. The van der Waals surface area contributed by atoms with Crippen molar-refractivity contribution >= 4 is 29.2 Å². The number of halogens is 1. The summed E-state index contributed by atoms with van der Waals surface area (Å²) >= 11 is 5.83. The van der Waals surface area contributed by atoms with Crippen LogP contribution in [0.15, 0.2) is 35.3 Å². The van der Waals surface area contributed by atoms with Gasteiger partial charge in [-0.15, -0.1) is 0 Å². The Morgan fingerprint density at radius 2 is 1.78 bits per heavy atom. The van der Waals surface area contributed by atoms with Crippen LogP contribution in [0.2, 0.25) is 5.02 Å². The molecule has 0 unspecified atom stereocenters. The maximum atomic E-state index is 10.9. The summed E-state index contributed by atoms with van der Waals surface area (Å²) in [4.78, 5) is 14.3. The van der Waals surface area contributed by atoms with Crippen molar-refractivity contribution in [2.75, 3.05) is 14.2 Å². The molecule has 1 N–H and O–H groups in total. The largest absolute Gasteiger partial charge is 0.502 e. The molecule has 0 aliphatic rings. The minimum atomic E-state index is -0.715. The molecule has 7 nitrogen and oxygen atoms in total. The molecule has 23 heavy (non-hydrogen) atoms. The molecule has 0 saturated heterocycles. The molecule has 0 atom stereocenters. The summed E-state index contributed by atoms with van der Waals surface area (Å²) in [5, 5.41) is 20.9. The summed E-state index contributed by atoms with van der Waals surface area (Å²) in [5.41, 5.74) is 0.136. The molecule has 8 heteroatoms. The van der Waals surface area contributed by atoms with Crippen molar-refractivity contribution in [2.24, 2.45) is 4.99 Å². The molecule has 120 valence electrons. The molecule has 2 rings (SSSR count). The number of nitro benzene ring substituents is 1. The molecule has 0 heterocycles. The maximum Gasteiger partial charge on any atom is 0.312 e. The van der Waals surface area contributed by atoms with Gasteiger partial charge in [0.25, 0.3) is 0 Å². The third-order valence-electron chi connectivity index (χ3n) is 2.97. The summed E-state index contributed by atoms with van der Waals surface area (Å²) in [5.74, 6) is 0.577. The first-order valence-electron chi connectivity index (χ1n) is 6.38. The summed E-state index contributed by atoms with van der Waals surface area (Å²) in [6.45, 7) is 0. The van der Waals surface area contributed by atoms with E-state index in [4.69, 9.17) is 21.1 Å². The van der Waals surface area contributed by atoms with Crippen molar-refractivity contribution in [2.45, 2.75) is 0 Å². The number of aliphatic imine (C=N–C) groups is 1. The van der Waals surface area contributed by atoms with Gasteiger partial charge < -0.3 is 14.6 Å². The third kappa shape index (κ3) is 3.89. The standard InChI is InChI=1S/C15H13ClN2O5/c1-22-12-5-11(6-13(7-12)23-2)17-8-9-3-10(16)4-14(15(9)19)18(20)21/h3-8,19H,1-2H3. The number of ether oxygens (including phenoxy) is 2. The molecule has 2 aromatic carbocycles. The number of nitro groups is 1. The lowest BCUT2D eigenvalue weighted by atomic mass is 10.2. The van der Waals surface area contributed by atoms with E-state index in [9.17, 15) is 15.2 Å². The van der Waals surface area contributed by atoms with E-state index in [1.165, 1.54) is 26.5 Å². The Morgan fingerprint density at radius 3 is 2.30 bits per heavy atom. The second-order valence-corrected chi connectivity index (χ2v) is 4.89. The molecular formula is C15H13ClN2O5. The Bertz CT molecular complexity index is 754. The number of methoxy groups -OCH3 is 2. The number of benzene rings is 2. The SMILES string of the molecule is COc1cc(N=Cc2cc(Cl)cc([N+](=O)[O-])c2O)cc(OC)c1. The van der Waals surface area contributed by atoms with Crippen molar-refractivity contribution in [3.8, 4) is 17.2 Å². The highest BCUT2D eigenvalue weighted by molar-refractivity contribution is 6.31. The Morgan fingerprint density at radius 1 is 1.17 bits per heavy atom. The summed E-state index contributed by atoms with van der Waals surface area (Å²) < 4.78 is 10.3. The highest BCUT2D eigenvalue weighted by atomic mass is 35.5. The van der Waals surface area contributed by atoms with E-state index in [0.29, 0.717) is 17.2 Å². The first-order chi connectivity index (χ1) is 10.9. The predicted molar refractivity (Wildman–Crippen MR) is 86.6 cm³/mol. The van der Waals surface area contributed by atoms with Gasteiger partial charge in [0.15, 0.2) is 0 Å². The van der Waals surface area contributed by atoms with Gasteiger partial charge in [-0.05, 0) is 6.07 Å². The highest BCUT2D eigenvalue weighted by Gasteiger charge is 2.17. The number of phenolic OH excluding ortho intramolecular Hbond substituents is 1. The lowest BCUT2D eigenvalue weighted by Crippen LogP contribution is -1.92. The van der Waals surface area contributed by atoms with Gasteiger partial charge in [-0.25, -0.2) is 0 Å². The van der Waals surface area contributed by atoms with Gasteiger partial charge >= 0.3 is 5.69 Å². The van der Waals surface area contributed by atoms with Crippen molar-refractivity contribution < 1.29 is 19.5 Å². The number of nitrogens with zero attached hydrogens (tertiary/aromatic N) is 2. The molecule has 2 aromatic rings. The smallest absolute Gasteiger partial charge is 0.312 e. The molecular weight excluding hydrogens is 324 g/mol. The molecule has 0 bridgehead atoms. The van der Waals surface area contributed by atoms with E-state index < -0.39 is 16.4 Å². The lowest BCUT2D eigenvalue weighted by Gasteiger charge is -2.05. The Kier molecular flexibility index (Phi) is 5.02. The highest BCUT2D eigenvalue weighted by Crippen LogP contribution is 2.33. The van der Waals surface area contributed by atoms with Gasteiger partial charge in [0.05, 0.1) is 24.8 Å². The first-order valence-corrected chi connectivity index (χ1v) is 6.76. The van der Waals surface area contributed by atoms with E-state index in [0.717, 1.165) is 6.07 Å². The van der Waals surface area contributed by atoms with Crippen molar-refractivity contribution in [1.29, 1.82) is 0 Å². The fourth-order valence-corrected chi connectivity index (χ4v) is 2.07. The fraction of sp³-hybridized carbons (Fsp3) is 0.133. The van der Waals surface area contributed by atoms with Crippen LogP contribution in [0, 0.1) is 10.1 Å². The monoisotopic (exact) mass is 336 g/mol. The Labute approximate surface area is 136 Å². The minimum Gasteiger partial charge on any atom is -0.502 e. The van der Waals surface area contributed by atoms with E-state index in [-0.39, 0.29) is 10.6 Å². The van der Waals surface area contributed by atoms with Crippen LogP contribution in [0.4, 0.5) is 11.4 Å². The van der Waals surface area contributed by atoms with E-state index >= 15 is 0 Å². The van der Waals surface area contributed by atoms with E-state index in [2.05, 4.69) is 4.99 Å². The maximum absolute atomic E-state index is 10.9. The van der Waals surface area contributed by atoms with Gasteiger partial charge in [0.2, 0.25) is 5.75 Å². The van der Waals surface area contributed by atoms with Crippen LogP contribution in [-0.2, 0) is 0 Å². The van der Waals surface area contributed by atoms with Crippen LogP contribution in [-0.4, -0.2) is 30.5 Å². The quantitative estimate of drug-likeness (QED) is 0.510. The third-order valence-corrected chi connectivity index (χ3v) is 3.19. The Balaban J connectivity index is 2.43. The van der Waals surface area contributed by atoms with E-state index in [1.54, 1.807) is 18.2 Å². The minimum absolute atomic E-state index is 0.124. The average Bonchev–Trinajstić information content (AvgIpc) is 2.54. The van der Waals surface area contributed by atoms with Crippen LogP contribution in [0.25, 0.3) is 0 Å². The summed E-state index contributed by atoms with van der Waals surface area (Å²) in [6, 6.07) is 7.43. The van der Waals surface area contributed by atoms with Crippen molar-refractivity contribution in [3.63, 3.8) is 0 Å². The van der Waals surface area contributed by atoms with Crippen LogP contribution < -0.4 is 9.47 Å². The number of rotatable bonds is 5. The average molecular weight is 337 g/mol. The molecule has 0 radical (unpaired) electrons. The van der Waals surface area contributed by atoms with Gasteiger partial charge in [-0.2, -0.15) is 0 Å².